The van der Waals surface area contributed by atoms with Gasteiger partial charge in [0.1, 0.15) is 0 Å². The van der Waals surface area contributed by atoms with Gasteiger partial charge in [0, 0.05) is 22.3 Å². The number of allylic oxidation sites excluding steroid dienone is 1. The molecule has 1 atom stereocenters. The SMILES string of the molecule is CCc1ccc(N2C(=O)Nc3ccc(Br)cc3[C@]2(O)C(=O)NCCC2=CCCCC2)cc1. The van der Waals surface area contributed by atoms with E-state index in [1.165, 1.54) is 18.4 Å². The number of urea groups is 1. The van der Waals surface area contributed by atoms with Gasteiger partial charge in [-0.05, 0) is 74.4 Å². The number of hydrogen-bond donors (Lipinski definition) is 3. The summed E-state index contributed by atoms with van der Waals surface area (Å²) in [7, 11) is 0. The first-order valence-electron chi connectivity index (χ1n) is 11.1. The quantitative estimate of drug-likeness (QED) is 0.478. The first-order chi connectivity index (χ1) is 15.4. The predicted octanol–water partition coefficient (Wildman–Crippen LogP) is 5.22. The van der Waals surface area contributed by atoms with Crippen LogP contribution in [0.25, 0.3) is 0 Å². The Morgan fingerprint density at radius 1 is 1.22 bits per heavy atom. The van der Waals surface area contributed by atoms with Crippen LogP contribution in [0.3, 0.4) is 0 Å². The lowest BCUT2D eigenvalue weighted by atomic mass is 9.94. The minimum absolute atomic E-state index is 0.320. The van der Waals surface area contributed by atoms with E-state index in [0.29, 0.717) is 28.0 Å². The minimum Gasteiger partial charge on any atom is -0.359 e. The summed E-state index contributed by atoms with van der Waals surface area (Å²) in [6.45, 7) is 2.45. The zero-order valence-electron chi connectivity index (χ0n) is 18.2. The summed E-state index contributed by atoms with van der Waals surface area (Å²) in [4.78, 5) is 27.7. The number of aryl methyl sites for hydroxylation is 1. The molecule has 0 fully saturated rings. The molecule has 7 heteroatoms. The van der Waals surface area contributed by atoms with Gasteiger partial charge in [0.05, 0.1) is 5.69 Å². The van der Waals surface area contributed by atoms with Crippen molar-refractivity contribution in [1.29, 1.82) is 0 Å². The van der Waals surface area contributed by atoms with E-state index in [1.54, 1.807) is 30.3 Å². The van der Waals surface area contributed by atoms with Crippen molar-refractivity contribution in [2.24, 2.45) is 0 Å². The third-order valence-electron chi connectivity index (χ3n) is 6.16. The number of fused-ring (bicyclic) bond motifs is 1. The maximum Gasteiger partial charge on any atom is 0.329 e. The lowest BCUT2D eigenvalue weighted by Gasteiger charge is -2.42. The topological polar surface area (TPSA) is 81.7 Å². The molecule has 0 radical (unpaired) electrons. The van der Waals surface area contributed by atoms with Crippen molar-refractivity contribution in [2.75, 3.05) is 16.8 Å². The summed E-state index contributed by atoms with van der Waals surface area (Å²) >= 11 is 3.42. The molecule has 0 unspecified atom stereocenters. The monoisotopic (exact) mass is 497 g/mol. The maximum absolute atomic E-state index is 13.5. The summed E-state index contributed by atoms with van der Waals surface area (Å²) in [5.41, 5.74) is 1.42. The van der Waals surface area contributed by atoms with Gasteiger partial charge in [-0.1, -0.05) is 46.6 Å². The molecule has 1 heterocycles. The highest BCUT2D eigenvalue weighted by Gasteiger charge is 2.52. The van der Waals surface area contributed by atoms with Crippen LogP contribution in [0.1, 0.15) is 50.2 Å². The van der Waals surface area contributed by atoms with Gasteiger partial charge in [-0.15, -0.1) is 0 Å². The van der Waals surface area contributed by atoms with Crippen LogP contribution < -0.4 is 15.5 Å². The summed E-state index contributed by atoms with van der Waals surface area (Å²) in [6.07, 6.45) is 8.35. The Morgan fingerprint density at radius 2 is 2.00 bits per heavy atom. The molecule has 1 aliphatic carbocycles. The van der Waals surface area contributed by atoms with Crippen LogP contribution in [0.5, 0.6) is 0 Å². The van der Waals surface area contributed by atoms with E-state index >= 15 is 0 Å². The van der Waals surface area contributed by atoms with Gasteiger partial charge < -0.3 is 15.7 Å². The van der Waals surface area contributed by atoms with Gasteiger partial charge >= 0.3 is 6.03 Å². The highest BCUT2D eigenvalue weighted by atomic mass is 79.9. The highest BCUT2D eigenvalue weighted by molar-refractivity contribution is 9.10. The largest absolute Gasteiger partial charge is 0.359 e. The molecule has 32 heavy (non-hydrogen) atoms. The Balaban J connectivity index is 1.68. The average molecular weight is 498 g/mol. The molecular weight excluding hydrogens is 470 g/mol. The van der Waals surface area contributed by atoms with Gasteiger partial charge in [-0.2, -0.15) is 0 Å². The Bertz CT molecular complexity index is 1050. The van der Waals surface area contributed by atoms with E-state index in [1.807, 2.05) is 19.1 Å². The van der Waals surface area contributed by atoms with Crippen LogP contribution in [0.15, 0.2) is 58.6 Å². The zero-order valence-corrected chi connectivity index (χ0v) is 19.7. The van der Waals surface area contributed by atoms with Crippen LogP contribution in [0, 0.1) is 0 Å². The fourth-order valence-electron chi connectivity index (χ4n) is 4.35. The molecule has 1 aliphatic heterocycles. The summed E-state index contributed by atoms with van der Waals surface area (Å²) in [5.74, 6) is -0.623. The highest BCUT2D eigenvalue weighted by Crippen LogP contribution is 2.41. The molecule has 2 aromatic rings. The van der Waals surface area contributed by atoms with Crippen molar-refractivity contribution in [3.63, 3.8) is 0 Å². The molecule has 0 bridgehead atoms. The van der Waals surface area contributed by atoms with Crippen molar-refractivity contribution in [2.45, 2.75) is 51.2 Å². The van der Waals surface area contributed by atoms with Gasteiger partial charge in [0.25, 0.3) is 11.6 Å². The van der Waals surface area contributed by atoms with E-state index < -0.39 is 17.7 Å². The summed E-state index contributed by atoms with van der Waals surface area (Å²) in [5, 5.41) is 17.6. The number of nitrogens with zero attached hydrogens (tertiary/aromatic N) is 1. The summed E-state index contributed by atoms with van der Waals surface area (Å²) < 4.78 is 0.701. The van der Waals surface area contributed by atoms with Crippen molar-refractivity contribution in [3.05, 3.63) is 69.7 Å². The number of aliphatic hydroxyl groups is 1. The number of carbonyl (C=O) groups excluding carboxylic acids is 2. The van der Waals surface area contributed by atoms with Crippen LogP contribution >= 0.6 is 15.9 Å². The maximum atomic E-state index is 13.5. The first kappa shape index (κ1) is 22.6. The van der Waals surface area contributed by atoms with Crippen molar-refractivity contribution in [3.8, 4) is 0 Å². The molecule has 4 rings (SSSR count). The van der Waals surface area contributed by atoms with Crippen molar-refractivity contribution in [1.82, 2.24) is 5.32 Å². The number of hydrogen-bond acceptors (Lipinski definition) is 3. The zero-order chi connectivity index (χ0) is 22.7. The minimum atomic E-state index is -2.18. The van der Waals surface area contributed by atoms with Crippen molar-refractivity contribution >= 4 is 39.2 Å². The molecule has 2 aliphatic rings. The van der Waals surface area contributed by atoms with E-state index in [2.05, 4.69) is 32.6 Å². The van der Waals surface area contributed by atoms with Crippen molar-refractivity contribution < 1.29 is 14.7 Å². The third-order valence-corrected chi connectivity index (χ3v) is 6.65. The molecule has 0 saturated heterocycles. The summed E-state index contributed by atoms with van der Waals surface area (Å²) in [6, 6.07) is 11.9. The van der Waals surface area contributed by atoms with Crippen LogP contribution in [0.4, 0.5) is 16.2 Å². The second-order valence-corrected chi connectivity index (χ2v) is 9.18. The second kappa shape index (κ2) is 9.46. The number of carbonyl (C=O) groups is 2. The van der Waals surface area contributed by atoms with E-state index in [4.69, 9.17) is 0 Å². The number of amides is 3. The smallest absolute Gasteiger partial charge is 0.329 e. The average Bonchev–Trinajstić information content (AvgIpc) is 2.80. The number of halogens is 1. The van der Waals surface area contributed by atoms with Crippen LogP contribution in [-0.4, -0.2) is 23.6 Å². The Kier molecular flexibility index (Phi) is 6.67. The van der Waals surface area contributed by atoms with Crippen LogP contribution in [0.2, 0.25) is 0 Å². The standard InChI is InChI=1S/C25H28BrN3O3/c1-2-17-8-11-20(12-9-17)29-24(31)28-22-13-10-19(26)16-21(22)25(29,32)23(30)27-15-14-18-6-4-3-5-7-18/h6,8-13,16,32H,2-5,7,14-15H2,1H3,(H,27,30)(H,28,31)/t25-/m0/s1. The fourth-order valence-corrected chi connectivity index (χ4v) is 4.71. The molecule has 6 nitrogen and oxygen atoms in total. The molecule has 0 saturated carbocycles. The van der Waals surface area contributed by atoms with Gasteiger partial charge in [-0.3, -0.25) is 9.69 Å². The molecular formula is C25H28BrN3O3. The lowest BCUT2D eigenvalue weighted by molar-refractivity contribution is -0.140. The van der Waals surface area contributed by atoms with Gasteiger partial charge in [0.15, 0.2) is 0 Å². The molecule has 168 valence electrons. The number of rotatable bonds is 6. The van der Waals surface area contributed by atoms with E-state index in [9.17, 15) is 14.7 Å². The van der Waals surface area contributed by atoms with Crippen LogP contribution in [-0.2, 0) is 16.9 Å². The van der Waals surface area contributed by atoms with Gasteiger partial charge in [0.2, 0.25) is 0 Å². The molecule has 2 aromatic carbocycles. The lowest BCUT2D eigenvalue weighted by Crippen LogP contribution is -2.62. The molecule has 0 aromatic heterocycles. The molecule has 3 amide bonds. The Hall–Kier alpha value is -2.64. The normalized spacial score (nSPS) is 20.3. The number of anilines is 2. The second-order valence-electron chi connectivity index (χ2n) is 8.26. The van der Waals surface area contributed by atoms with Gasteiger partial charge in [-0.25, -0.2) is 4.79 Å². The first-order valence-corrected chi connectivity index (χ1v) is 11.9. The molecule has 3 N–H and O–H groups in total. The Morgan fingerprint density at radius 3 is 2.69 bits per heavy atom. The third kappa shape index (κ3) is 4.32. The Labute approximate surface area is 196 Å². The fraction of sp³-hybridized carbons (Fsp3) is 0.360. The molecule has 0 spiro atoms. The number of benzene rings is 2. The van der Waals surface area contributed by atoms with E-state index in [0.717, 1.165) is 36.1 Å². The predicted molar refractivity (Wildman–Crippen MR) is 130 cm³/mol. The van der Waals surface area contributed by atoms with E-state index in [-0.39, 0.29) is 0 Å². The number of nitrogens with one attached hydrogen (secondary N) is 2.